The van der Waals surface area contributed by atoms with Crippen molar-refractivity contribution in [1.29, 1.82) is 0 Å². The molecular weight excluding hydrogens is 230 g/mol. The smallest absolute Gasteiger partial charge is 0.339 e. The van der Waals surface area contributed by atoms with Crippen molar-refractivity contribution >= 4 is 5.97 Å². The third-order valence-corrected chi connectivity index (χ3v) is 2.60. The molecule has 4 heteroatoms. The van der Waals surface area contributed by atoms with Gasteiger partial charge in [0.05, 0.1) is 19.3 Å². The van der Waals surface area contributed by atoms with E-state index in [0.29, 0.717) is 12.2 Å². The van der Waals surface area contributed by atoms with Crippen LogP contribution in [0.15, 0.2) is 36.5 Å². The molecule has 1 aromatic carbocycles. The predicted octanol–water partition coefficient (Wildman–Crippen LogP) is 2.87. The van der Waals surface area contributed by atoms with Crippen LogP contribution in [-0.2, 0) is 4.74 Å². The van der Waals surface area contributed by atoms with E-state index in [2.05, 4.69) is 4.98 Å². The van der Waals surface area contributed by atoms with E-state index < -0.39 is 0 Å². The Morgan fingerprint density at radius 3 is 2.61 bits per heavy atom. The highest BCUT2D eigenvalue weighted by molar-refractivity contribution is 5.90. The lowest BCUT2D eigenvalue weighted by Crippen LogP contribution is -2.02. The molecule has 0 amide bonds. The SMILES string of the molecule is CCOC(=O)c1c[nH]c(-c2ccc(OC)cc2)c1. The monoisotopic (exact) mass is 245 g/mol. The Labute approximate surface area is 106 Å². The molecule has 2 rings (SSSR count). The van der Waals surface area contributed by atoms with Crippen LogP contribution in [-0.4, -0.2) is 24.7 Å². The number of hydrogen-bond acceptors (Lipinski definition) is 3. The van der Waals surface area contributed by atoms with Crippen LogP contribution in [0.3, 0.4) is 0 Å². The number of esters is 1. The molecule has 4 nitrogen and oxygen atoms in total. The van der Waals surface area contributed by atoms with Gasteiger partial charge >= 0.3 is 5.97 Å². The largest absolute Gasteiger partial charge is 0.497 e. The Balaban J connectivity index is 2.20. The van der Waals surface area contributed by atoms with Crippen LogP contribution < -0.4 is 4.74 Å². The van der Waals surface area contributed by atoms with Crippen molar-refractivity contribution in [2.24, 2.45) is 0 Å². The molecule has 0 radical (unpaired) electrons. The third-order valence-electron chi connectivity index (χ3n) is 2.60. The zero-order valence-corrected chi connectivity index (χ0v) is 10.4. The Morgan fingerprint density at radius 2 is 2.00 bits per heavy atom. The summed E-state index contributed by atoms with van der Waals surface area (Å²) in [6.45, 7) is 2.16. The minimum Gasteiger partial charge on any atom is -0.497 e. The Bertz CT molecular complexity index is 528. The van der Waals surface area contributed by atoms with E-state index >= 15 is 0 Å². The number of rotatable bonds is 4. The molecule has 0 unspecified atom stereocenters. The van der Waals surface area contributed by atoms with E-state index in [1.54, 1.807) is 26.3 Å². The average Bonchev–Trinajstić information content (AvgIpc) is 2.89. The van der Waals surface area contributed by atoms with Crippen LogP contribution in [0.4, 0.5) is 0 Å². The molecule has 0 bridgehead atoms. The lowest BCUT2D eigenvalue weighted by molar-refractivity contribution is 0.0526. The van der Waals surface area contributed by atoms with Gasteiger partial charge in [0.25, 0.3) is 0 Å². The summed E-state index contributed by atoms with van der Waals surface area (Å²) >= 11 is 0. The number of carbonyl (C=O) groups excluding carboxylic acids is 1. The Kier molecular flexibility index (Phi) is 3.67. The average molecular weight is 245 g/mol. The predicted molar refractivity (Wildman–Crippen MR) is 68.7 cm³/mol. The summed E-state index contributed by atoms with van der Waals surface area (Å²) in [5.74, 6) is 0.490. The number of aromatic amines is 1. The maximum atomic E-state index is 11.5. The molecule has 94 valence electrons. The van der Waals surface area contributed by atoms with Crippen molar-refractivity contribution in [2.45, 2.75) is 6.92 Å². The van der Waals surface area contributed by atoms with Gasteiger partial charge in [-0.05, 0) is 42.8 Å². The van der Waals surface area contributed by atoms with Gasteiger partial charge in [-0.25, -0.2) is 4.79 Å². The van der Waals surface area contributed by atoms with E-state index in [1.807, 2.05) is 24.3 Å². The number of aromatic nitrogens is 1. The summed E-state index contributed by atoms with van der Waals surface area (Å²) in [5, 5.41) is 0. The molecule has 1 heterocycles. The van der Waals surface area contributed by atoms with Crippen LogP contribution in [0.5, 0.6) is 5.75 Å². The van der Waals surface area contributed by atoms with E-state index in [1.165, 1.54) is 0 Å². The van der Waals surface area contributed by atoms with Crippen LogP contribution in [0.25, 0.3) is 11.3 Å². The van der Waals surface area contributed by atoms with Crippen LogP contribution in [0.1, 0.15) is 17.3 Å². The van der Waals surface area contributed by atoms with Crippen molar-refractivity contribution in [3.05, 3.63) is 42.1 Å². The maximum absolute atomic E-state index is 11.5. The Morgan fingerprint density at radius 1 is 1.28 bits per heavy atom. The van der Waals surface area contributed by atoms with Crippen LogP contribution in [0, 0.1) is 0 Å². The number of carbonyl (C=O) groups is 1. The van der Waals surface area contributed by atoms with Crippen LogP contribution >= 0.6 is 0 Å². The molecule has 0 saturated heterocycles. The molecule has 0 aliphatic heterocycles. The maximum Gasteiger partial charge on any atom is 0.339 e. The first-order valence-electron chi connectivity index (χ1n) is 5.74. The van der Waals surface area contributed by atoms with Gasteiger partial charge in [-0.3, -0.25) is 0 Å². The number of benzene rings is 1. The van der Waals surface area contributed by atoms with E-state index in [0.717, 1.165) is 17.0 Å². The summed E-state index contributed by atoms with van der Waals surface area (Å²) in [7, 11) is 1.63. The fraction of sp³-hybridized carbons (Fsp3) is 0.214. The molecule has 0 fully saturated rings. The van der Waals surface area contributed by atoms with E-state index in [9.17, 15) is 4.79 Å². The standard InChI is InChI=1S/C14H15NO3/c1-3-18-14(16)11-8-13(15-9-11)10-4-6-12(17-2)7-5-10/h4-9,15H,3H2,1-2H3. The number of ether oxygens (including phenoxy) is 2. The molecule has 0 aliphatic carbocycles. The number of H-pyrrole nitrogens is 1. The van der Waals surface area contributed by atoms with Gasteiger partial charge < -0.3 is 14.5 Å². The minimum absolute atomic E-state index is 0.312. The first-order valence-corrected chi connectivity index (χ1v) is 5.74. The summed E-state index contributed by atoms with van der Waals surface area (Å²) in [4.78, 5) is 14.6. The zero-order chi connectivity index (χ0) is 13.0. The van der Waals surface area contributed by atoms with Gasteiger partial charge in [0.2, 0.25) is 0 Å². The second-order valence-electron chi connectivity index (χ2n) is 3.75. The highest BCUT2D eigenvalue weighted by Gasteiger charge is 2.09. The number of nitrogens with one attached hydrogen (secondary N) is 1. The van der Waals surface area contributed by atoms with Crippen molar-refractivity contribution < 1.29 is 14.3 Å². The molecule has 18 heavy (non-hydrogen) atoms. The normalized spacial score (nSPS) is 10.1. The molecule has 0 spiro atoms. The molecule has 0 atom stereocenters. The second kappa shape index (κ2) is 5.40. The van der Waals surface area contributed by atoms with Gasteiger partial charge in [0, 0.05) is 11.9 Å². The highest BCUT2D eigenvalue weighted by Crippen LogP contribution is 2.22. The van der Waals surface area contributed by atoms with Gasteiger partial charge in [0.15, 0.2) is 0 Å². The summed E-state index contributed by atoms with van der Waals surface area (Å²) in [6, 6.07) is 9.39. The molecule has 1 N–H and O–H groups in total. The van der Waals surface area contributed by atoms with Crippen molar-refractivity contribution in [1.82, 2.24) is 4.98 Å². The van der Waals surface area contributed by atoms with Crippen LogP contribution in [0.2, 0.25) is 0 Å². The molecular formula is C14H15NO3. The van der Waals surface area contributed by atoms with Gasteiger partial charge in [-0.15, -0.1) is 0 Å². The number of methoxy groups -OCH3 is 1. The third kappa shape index (κ3) is 2.53. The summed E-state index contributed by atoms with van der Waals surface area (Å²) in [5.41, 5.74) is 2.40. The number of hydrogen-bond donors (Lipinski definition) is 1. The summed E-state index contributed by atoms with van der Waals surface area (Å²) in [6.07, 6.45) is 1.65. The highest BCUT2D eigenvalue weighted by atomic mass is 16.5. The van der Waals surface area contributed by atoms with Crippen molar-refractivity contribution in [3.63, 3.8) is 0 Å². The molecule has 1 aromatic heterocycles. The van der Waals surface area contributed by atoms with Gasteiger partial charge in [-0.2, -0.15) is 0 Å². The Hall–Kier alpha value is -2.23. The van der Waals surface area contributed by atoms with E-state index in [-0.39, 0.29) is 5.97 Å². The lowest BCUT2D eigenvalue weighted by atomic mass is 10.1. The van der Waals surface area contributed by atoms with Gasteiger partial charge in [-0.1, -0.05) is 0 Å². The fourth-order valence-electron chi connectivity index (χ4n) is 1.66. The molecule has 0 saturated carbocycles. The fourth-order valence-corrected chi connectivity index (χ4v) is 1.66. The first kappa shape index (κ1) is 12.2. The summed E-state index contributed by atoms with van der Waals surface area (Å²) < 4.78 is 10.0. The zero-order valence-electron chi connectivity index (χ0n) is 10.4. The van der Waals surface area contributed by atoms with Crippen molar-refractivity contribution in [2.75, 3.05) is 13.7 Å². The van der Waals surface area contributed by atoms with E-state index in [4.69, 9.17) is 9.47 Å². The topological polar surface area (TPSA) is 51.3 Å². The van der Waals surface area contributed by atoms with Gasteiger partial charge in [0.1, 0.15) is 5.75 Å². The molecule has 0 aliphatic rings. The second-order valence-corrected chi connectivity index (χ2v) is 3.75. The molecule has 2 aromatic rings. The minimum atomic E-state index is -0.312. The quantitative estimate of drug-likeness (QED) is 0.843. The first-order chi connectivity index (χ1) is 8.74. The lowest BCUT2D eigenvalue weighted by Gasteiger charge is -2.01. The van der Waals surface area contributed by atoms with Crippen molar-refractivity contribution in [3.8, 4) is 17.0 Å².